The Morgan fingerprint density at radius 1 is 1.30 bits per heavy atom. The monoisotopic (exact) mass is 298 g/mol. The molecule has 1 aliphatic heterocycles. The summed E-state index contributed by atoms with van der Waals surface area (Å²) < 4.78 is 9.94. The van der Waals surface area contributed by atoms with Crippen molar-refractivity contribution in [3.05, 3.63) is 5.82 Å². The third-order valence-electron chi connectivity index (χ3n) is 4.04. The first-order valence-electron chi connectivity index (χ1n) is 7.17. The molecule has 2 heterocycles. The summed E-state index contributed by atoms with van der Waals surface area (Å²) in [6, 6.07) is 0. The van der Waals surface area contributed by atoms with Gasteiger partial charge in [-0.25, -0.2) is 4.98 Å². The van der Waals surface area contributed by atoms with E-state index in [0.29, 0.717) is 0 Å². The molecule has 1 aliphatic rings. The molecule has 0 aromatic carbocycles. The van der Waals surface area contributed by atoms with Crippen molar-refractivity contribution in [1.82, 2.24) is 14.3 Å². The standard InChI is InChI=1S/C14H26N4OS/c1-13(2,3)11-16-12(20-17-11)15-10-14(18(4)5)6-8-19-9-7-14/h6-10H2,1-5H3,(H,15,16,17). The van der Waals surface area contributed by atoms with Gasteiger partial charge < -0.3 is 15.0 Å². The fourth-order valence-electron chi connectivity index (χ4n) is 2.37. The predicted molar refractivity (Wildman–Crippen MR) is 83.6 cm³/mol. The minimum atomic E-state index is 0.00828. The zero-order chi connectivity index (χ0) is 14.8. The Hall–Kier alpha value is -0.720. The summed E-state index contributed by atoms with van der Waals surface area (Å²) in [5, 5.41) is 4.40. The van der Waals surface area contributed by atoms with Gasteiger partial charge >= 0.3 is 0 Å². The van der Waals surface area contributed by atoms with Gasteiger partial charge in [0.1, 0.15) is 5.82 Å². The lowest BCUT2D eigenvalue weighted by molar-refractivity contribution is -0.000631. The Morgan fingerprint density at radius 2 is 1.95 bits per heavy atom. The molecule has 1 aromatic rings. The molecule has 20 heavy (non-hydrogen) atoms. The van der Waals surface area contributed by atoms with Crippen LogP contribution in [0, 0.1) is 0 Å². The Kier molecular flexibility index (Phi) is 4.66. The van der Waals surface area contributed by atoms with Gasteiger partial charge in [-0.15, -0.1) is 0 Å². The van der Waals surface area contributed by atoms with Crippen molar-refractivity contribution in [2.24, 2.45) is 0 Å². The molecule has 1 N–H and O–H groups in total. The average Bonchev–Trinajstić information content (AvgIpc) is 2.86. The minimum absolute atomic E-state index is 0.00828. The SMILES string of the molecule is CN(C)C1(CNc2nc(C(C)(C)C)ns2)CCOCC1. The molecule has 6 heteroatoms. The number of aromatic nitrogens is 2. The fraction of sp³-hybridized carbons (Fsp3) is 0.857. The Labute approximate surface area is 125 Å². The zero-order valence-electron chi connectivity index (χ0n) is 13.2. The molecule has 0 atom stereocenters. The highest BCUT2D eigenvalue weighted by molar-refractivity contribution is 7.09. The van der Waals surface area contributed by atoms with E-state index in [4.69, 9.17) is 4.74 Å². The first-order chi connectivity index (χ1) is 9.33. The van der Waals surface area contributed by atoms with Crippen molar-refractivity contribution < 1.29 is 4.74 Å². The van der Waals surface area contributed by atoms with Gasteiger partial charge in [0, 0.05) is 42.2 Å². The summed E-state index contributed by atoms with van der Waals surface area (Å²) in [6.45, 7) is 8.98. The maximum atomic E-state index is 5.50. The number of anilines is 1. The van der Waals surface area contributed by atoms with Gasteiger partial charge in [-0.3, -0.25) is 0 Å². The molecular formula is C14H26N4OS. The molecule has 2 rings (SSSR count). The second-order valence-electron chi connectivity index (χ2n) is 6.76. The lowest BCUT2D eigenvalue weighted by atomic mass is 9.88. The maximum Gasteiger partial charge on any atom is 0.202 e. The van der Waals surface area contributed by atoms with Crippen molar-refractivity contribution in [1.29, 1.82) is 0 Å². The van der Waals surface area contributed by atoms with Crippen LogP contribution < -0.4 is 5.32 Å². The smallest absolute Gasteiger partial charge is 0.202 e. The highest BCUT2D eigenvalue weighted by atomic mass is 32.1. The van der Waals surface area contributed by atoms with Crippen molar-refractivity contribution in [3.63, 3.8) is 0 Å². The first kappa shape index (κ1) is 15.7. The first-order valence-corrected chi connectivity index (χ1v) is 7.94. The number of rotatable bonds is 4. The van der Waals surface area contributed by atoms with Crippen molar-refractivity contribution >= 4 is 16.7 Å². The number of ether oxygens (including phenoxy) is 1. The van der Waals surface area contributed by atoms with Gasteiger partial charge in [-0.2, -0.15) is 4.37 Å². The van der Waals surface area contributed by atoms with E-state index in [-0.39, 0.29) is 11.0 Å². The van der Waals surface area contributed by atoms with Gasteiger partial charge in [0.25, 0.3) is 0 Å². The Bertz CT molecular complexity index is 433. The quantitative estimate of drug-likeness (QED) is 0.925. The Morgan fingerprint density at radius 3 is 2.45 bits per heavy atom. The summed E-state index contributed by atoms with van der Waals surface area (Å²) in [6.07, 6.45) is 2.11. The molecule has 0 saturated carbocycles. The molecule has 0 aliphatic carbocycles. The highest BCUT2D eigenvalue weighted by Crippen LogP contribution is 2.28. The molecule has 114 valence electrons. The average molecular weight is 298 g/mol. The van der Waals surface area contributed by atoms with E-state index in [9.17, 15) is 0 Å². The lowest BCUT2D eigenvalue weighted by Gasteiger charge is -2.42. The summed E-state index contributed by atoms with van der Waals surface area (Å²) >= 11 is 1.45. The number of hydrogen-bond acceptors (Lipinski definition) is 6. The fourth-order valence-corrected chi connectivity index (χ4v) is 3.13. The number of nitrogens with one attached hydrogen (secondary N) is 1. The van der Waals surface area contributed by atoms with Crippen LogP contribution in [0.5, 0.6) is 0 Å². The molecule has 0 radical (unpaired) electrons. The van der Waals surface area contributed by atoms with Gasteiger partial charge in [-0.05, 0) is 26.9 Å². The molecule has 1 aromatic heterocycles. The van der Waals surface area contributed by atoms with Gasteiger partial charge in [0.15, 0.2) is 0 Å². The second kappa shape index (κ2) is 5.95. The summed E-state index contributed by atoms with van der Waals surface area (Å²) in [4.78, 5) is 6.92. The third-order valence-corrected chi connectivity index (χ3v) is 4.71. The van der Waals surface area contributed by atoms with Crippen molar-refractivity contribution in [3.8, 4) is 0 Å². The van der Waals surface area contributed by atoms with Crippen LogP contribution in [0.15, 0.2) is 0 Å². The van der Waals surface area contributed by atoms with E-state index >= 15 is 0 Å². The van der Waals surface area contributed by atoms with Crippen LogP contribution in [0.3, 0.4) is 0 Å². The summed E-state index contributed by atoms with van der Waals surface area (Å²) in [5.74, 6) is 0.913. The number of hydrogen-bond donors (Lipinski definition) is 1. The molecule has 0 amide bonds. The van der Waals surface area contributed by atoms with E-state index in [1.54, 1.807) is 0 Å². The summed E-state index contributed by atoms with van der Waals surface area (Å²) in [7, 11) is 4.29. The molecule has 0 spiro atoms. The van der Waals surface area contributed by atoms with Gasteiger partial charge in [-0.1, -0.05) is 20.8 Å². The molecule has 0 unspecified atom stereocenters. The molecule has 1 saturated heterocycles. The van der Waals surface area contributed by atoms with Crippen LogP contribution in [-0.4, -0.2) is 53.7 Å². The van der Waals surface area contributed by atoms with E-state index in [2.05, 4.69) is 54.4 Å². The van der Waals surface area contributed by atoms with Crippen molar-refractivity contribution in [2.45, 2.75) is 44.6 Å². The van der Waals surface area contributed by atoms with E-state index < -0.39 is 0 Å². The lowest BCUT2D eigenvalue weighted by Crippen LogP contribution is -2.53. The molecule has 1 fully saturated rings. The van der Waals surface area contributed by atoms with E-state index in [0.717, 1.165) is 43.6 Å². The van der Waals surface area contributed by atoms with Crippen LogP contribution in [0.2, 0.25) is 0 Å². The second-order valence-corrected chi connectivity index (χ2v) is 7.51. The molecular weight excluding hydrogens is 272 g/mol. The van der Waals surface area contributed by atoms with Crippen LogP contribution in [0.4, 0.5) is 5.13 Å². The van der Waals surface area contributed by atoms with Crippen LogP contribution >= 0.6 is 11.5 Å². The molecule has 0 bridgehead atoms. The predicted octanol–water partition coefficient (Wildman–Crippen LogP) is 2.36. The van der Waals surface area contributed by atoms with Crippen molar-refractivity contribution in [2.75, 3.05) is 39.2 Å². The van der Waals surface area contributed by atoms with Gasteiger partial charge in [0.2, 0.25) is 5.13 Å². The van der Waals surface area contributed by atoms with Crippen LogP contribution in [0.25, 0.3) is 0 Å². The maximum absolute atomic E-state index is 5.50. The molecule has 5 nitrogen and oxygen atoms in total. The third kappa shape index (κ3) is 3.48. The number of likely N-dealkylation sites (N-methyl/N-ethyl adjacent to an activating group) is 1. The number of nitrogens with zero attached hydrogens (tertiary/aromatic N) is 3. The van der Waals surface area contributed by atoms with Crippen LogP contribution in [0.1, 0.15) is 39.4 Å². The highest BCUT2D eigenvalue weighted by Gasteiger charge is 2.35. The largest absolute Gasteiger partial charge is 0.381 e. The normalized spacial score (nSPS) is 19.3. The minimum Gasteiger partial charge on any atom is -0.381 e. The summed E-state index contributed by atoms with van der Waals surface area (Å²) in [5.41, 5.74) is 0.167. The van der Waals surface area contributed by atoms with E-state index in [1.165, 1.54) is 11.5 Å². The zero-order valence-corrected chi connectivity index (χ0v) is 14.0. The van der Waals surface area contributed by atoms with Gasteiger partial charge in [0.05, 0.1) is 0 Å². The Balaban J connectivity index is 2.01. The van der Waals surface area contributed by atoms with Crippen LogP contribution in [-0.2, 0) is 10.2 Å². The van der Waals surface area contributed by atoms with E-state index in [1.807, 2.05) is 0 Å². The topological polar surface area (TPSA) is 50.3 Å².